The highest BCUT2D eigenvalue weighted by molar-refractivity contribution is 7.71. The zero-order valence-electron chi connectivity index (χ0n) is 10.8. The van der Waals surface area contributed by atoms with E-state index in [1.54, 1.807) is 12.4 Å². The molecule has 2 heterocycles. The topological polar surface area (TPSA) is 41.6 Å². The normalized spacial score (nSPS) is 10.4. The first kappa shape index (κ1) is 12.7. The van der Waals surface area contributed by atoms with Crippen molar-refractivity contribution in [3.8, 4) is 11.3 Å². The average molecular weight is 279 g/mol. The summed E-state index contributed by atoms with van der Waals surface area (Å²) in [6, 6.07) is 16.0. The van der Waals surface area contributed by atoms with E-state index in [0.29, 0.717) is 11.1 Å². The summed E-state index contributed by atoms with van der Waals surface area (Å²) in [4.78, 5) is 11.8. The van der Waals surface area contributed by atoms with Gasteiger partial charge in [-0.2, -0.15) is 0 Å². The van der Waals surface area contributed by atoms with Crippen LogP contribution in [0.1, 0.15) is 11.4 Å². The van der Waals surface area contributed by atoms with E-state index >= 15 is 0 Å². The molecule has 0 unspecified atom stereocenters. The van der Waals surface area contributed by atoms with Gasteiger partial charge in [-0.05, 0) is 29.3 Å². The molecule has 0 saturated heterocycles. The van der Waals surface area contributed by atoms with Crippen LogP contribution < -0.4 is 0 Å². The molecule has 0 fully saturated rings. The van der Waals surface area contributed by atoms with E-state index in [-0.39, 0.29) is 0 Å². The lowest BCUT2D eigenvalue weighted by atomic mass is 10.1. The molecule has 98 valence electrons. The average Bonchev–Trinajstić information content (AvgIpc) is 2.49. The number of nitrogens with zero attached hydrogens (tertiary/aromatic N) is 2. The van der Waals surface area contributed by atoms with Crippen LogP contribution in [-0.2, 0) is 6.42 Å². The predicted molar refractivity (Wildman–Crippen MR) is 81.9 cm³/mol. The second-order valence-electron chi connectivity index (χ2n) is 4.48. The molecule has 0 saturated carbocycles. The van der Waals surface area contributed by atoms with Gasteiger partial charge in [0.2, 0.25) is 0 Å². The largest absolute Gasteiger partial charge is 0.343 e. The number of rotatable bonds is 3. The van der Waals surface area contributed by atoms with Crippen LogP contribution in [-0.4, -0.2) is 15.0 Å². The third kappa shape index (κ3) is 2.97. The fraction of sp³-hybridized carbons (Fsp3) is 0.0625. The molecule has 0 radical (unpaired) electrons. The fourth-order valence-corrected chi connectivity index (χ4v) is 2.29. The number of hydrogen-bond acceptors (Lipinski definition) is 3. The molecule has 1 N–H and O–H groups in total. The Bertz CT molecular complexity index is 751. The van der Waals surface area contributed by atoms with Crippen molar-refractivity contribution in [2.45, 2.75) is 6.42 Å². The molecule has 0 spiro atoms. The molecule has 4 heteroatoms. The first-order valence-electron chi connectivity index (χ1n) is 6.36. The Kier molecular flexibility index (Phi) is 3.65. The lowest BCUT2D eigenvalue weighted by molar-refractivity contribution is 0.961. The smallest absolute Gasteiger partial charge is 0.130 e. The highest BCUT2D eigenvalue weighted by Crippen LogP contribution is 2.17. The molecule has 0 aliphatic heterocycles. The number of pyridine rings is 1. The zero-order valence-corrected chi connectivity index (χ0v) is 11.6. The van der Waals surface area contributed by atoms with Crippen LogP contribution in [0, 0.1) is 4.64 Å². The third-order valence-electron chi connectivity index (χ3n) is 3.00. The van der Waals surface area contributed by atoms with Crippen molar-refractivity contribution in [3.05, 3.63) is 77.0 Å². The van der Waals surface area contributed by atoms with Gasteiger partial charge in [0.25, 0.3) is 0 Å². The van der Waals surface area contributed by atoms with Gasteiger partial charge >= 0.3 is 0 Å². The summed E-state index contributed by atoms with van der Waals surface area (Å²) < 4.78 is 0.603. The quantitative estimate of drug-likeness (QED) is 0.742. The van der Waals surface area contributed by atoms with Gasteiger partial charge in [0.15, 0.2) is 0 Å². The number of hydrogen-bond donors (Lipinski definition) is 1. The molecule has 3 rings (SSSR count). The van der Waals surface area contributed by atoms with E-state index in [4.69, 9.17) is 12.2 Å². The number of benzene rings is 1. The molecule has 0 amide bonds. The number of nitrogens with one attached hydrogen (secondary N) is 1. The Labute approximate surface area is 122 Å². The summed E-state index contributed by atoms with van der Waals surface area (Å²) in [6.45, 7) is 0. The molecule has 0 aliphatic rings. The molecule has 0 bridgehead atoms. The maximum Gasteiger partial charge on any atom is 0.130 e. The minimum atomic E-state index is 0.603. The van der Waals surface area contributed by atoms with Gasteiger partial charge in [-0.3, -0.25) is 4.98 Å². The van der Waals surface area contributed by atoms with E-state index in [1.807, 2.05) is 36.4 Å². The molecule has 3 aromatic rings. The molecule has 20 heavy (non-hydrogen) atoms. The number of H-pyrrole nitrogens is 1. The van der Waals surface area contributed by atoms with Crippen LogP contribution in [0.4, 0.5) is 0 Å². The van der Waals surface area contributed by atoms with E-state index in [9.17, 15) is 0 Å². The van der Waals surface area contributed by atoms with Crippen LogP contribution >= 0.6 is 12.2 Å². The molecular formula is C16H13N3S. The summed E-state index contributed by atoms with van der Waals surface area (Å²) in [7, 11) is 0. The van der Waals surface area contributed by atoms with Gasteiger partial charge in [-0.25, -0.2) is 4.98 Å². The van der Waals surface area contributed by atoms with Crippen molar-refractivity contribution in [1.29, 1.82) is 0 Å². The van der Waals surface area contributed by atoms with Crippen LogP contribution in [0.5, 0.6) is 0 Å². The van der Waals surface area contributed by atoms with E-state index in [1.165, 1.54) is 0 Å². The van der Waals surface area contributed by atoms with Crippen LogP contribution in [0.25, 0.3) is 11.3 Å². The number of aromatic nitrogens is 3. The Balaban J connectivity index is 1.97. The summed E-state index contributed by atoms with van der Waals surface area (Å²) in [5, 5.41) is 0. The van der Waals surface area contributed by atoms with Crippen LogP contribution in [0.3, 0.4) is 0 Å². The zero-order chi connectivity index (χ0) is 13.8. The lowest BCUT2D eigenvalue weighted by Gasteiger charge is -2.06. The van der Waals surface area contributed by atoms with Gasteiger partial charge in [0.05, 0.1) is 0 Å². The maximum absolute atomic E-state index is 5.26. The van der Waals surface area contributed by atoms with Crippen molar-refractivity contribution in [3.63, 3.8) is 0 Å². The first-order chi connectivity index (χ1) is 9.81. The second-order valence-corrected chi connectivity index (χ2v) is 4.90. The van der Waals surface area contributed by atoms with Crippen molar-refractivity contribution in [2.75, 3.05) is 0 Å². The van der Waals surface area contributed by atoms with Crippen molar-refractivity contribution in [1.82, 2.24) is 15.0 Å². The van der Waals surface area contributed by atoms with E-state index < -0.39 is 0 Å². The van der Waals surface area contributed by atoms with E-state index in [2.05, 4.69) is 27.1 Å². The Morgan fingerprint density at radius 2 is 1.75 bits per heavy atom. The third-order valence-corrected chi connectivity index (χ3v) is 3.21. The summed E-state index contributed by atoms with van der Waals surface area (Å²) >= 11 is 5.26. The van der Waals surface area contributed by atoms with Gasteiger partial charge < -0.3 is 4.98 Å². The minimum absolute atomic E-state index is 0.603. The summed E-state index contributed by atoms with van der Waals surface area (Å²) in [5.74, 6) is 0.863. The molecular weight excluding hydrogens is 266 g/mol. The standard InChI is InChI=1S/C16H13N3S/c20-16-11-14(13-4-2-1-3-5-13)18-15(19-16)10-12-6-8-17-9-7-12/h1-9,11H,10H2,(H,18,19,20). The van der Waals surface area contributed by atoms with Crippen molar-refractivity contribution in [2.24, 2.45) is 0 Å². The fourth-order valence-electron chi connectivity index (χ4n) is 2.06. The van der Waals surface area contributed by atoms with Crippen LogP contribution in [0.2, 0.25) is 0 Å². The molecule has 2 aromatic heterocycles. The van der Waals surface area contributed by atoms with Gasteiger partial charge in [0, 0.05) is 24.5 Å². The van der Waals surface area contributed by atoms with Gasteiger partial charge in [-0.15, -0.1) is 0 Å². The SMILES string of the molecule is S=c1cc(-c2ccccc2)[nH]c(Cc2ccncc2)n1. The van der Waals surface area contributed by atoms with Crippen LogP contribution in [0.15, 0.2) is 60.9 Å². The molecule has 0 atom stereocenters. The Morgan fingerprint density at radius 3 is 2.50 bits per heavy atom. The monoisotopic (exact) mass is 279 g/mol. The predicted octanol–water partition coefficient (Wildman–Crippen LogP) is 3.79. The van der Waals surface area contributed by atoms with E-state index in [0.717, 1.165) is 22.6 Å². The van der Waals surface area contributed by atoms with Crippen molar-refractivity contribution < 1.29 is 0 Å². The first-order valence-corrected chi connectivity index (χ1v) is 6.77. The second kappa shape index (κ2) is 5.75. The maximum atomic E-state index is 5.26. The van der Waals surface area contributed by atoms with Gasteiger partial charge in [0.1, 0.15) is 10.5 Å². The number of aromatic amines is 1. The Hall–Kier alpha value is -2.33. The molecule has 3 nitrogen and oxygen atoms in total. The highest BCUT2D eigenvalue weighted by atomic mass is 32.1. The molecule has 0 aliphatic carbocycles. The minimum Gasteiger partial charge on any atom is -0.343 e. The van der Waals surface area contributed by atoms with Gasteiger partial charge in [-0.1, -0.05) is 42.5 Å². The van der Waals surface area contributed by atoms with Crippen molar-refractivity contribution >= 4 is 12.2 Å². The highest BCUT2D eigenvalue weighted by Gasteiger charge is 2.03. The summed E-state index contributed by atoms with van der Waals surface area (Å²) in [5.41, 5.74) is 3.26. The summed E-state index contributed by atoms with van der Waals surface area (Å²) in [6.07, 6.45) is 4.28. The lowest BCUT2D eigenvalue weighted by Crippen LogP contribution is -1.98. The Morgan fingerprint density at radius 1 is 1.00 bits per heavy atom. The molecule has 1 aromatic carbocycles.